The van der Waals surface area contributed by atoms with Gasteiger partial charge < -0.3 is 9.64 Å². The standard InChI is InChI=1S/C16H22N2O4S/c1-10(9-22-3)17-23(20,21)13-7-12-5-4-6-18-15(12)14(8-13)11(2)16(18)19/h7-8,10-11,17H,4-6,9H2,1-3H3/t10-,11+/m1/s1. The highest BCUT2D eigenvalue weighted by molar-refractivity contribution is 7.89. The average Bonchev–Trinajstić information content (AvgIpc) is 2.74. The highest BCUT2D eigenvalue weighted by atomic mass is 32.2. The second kappa shape index (κ2) is 5.89. The molecule has 0 unspecified atom stereocenters. The Labute approximate surface area is 136 Å². The van der Waals surface area contributed by atoms with Crippen LogP contribution in [0.15, 0.2) is 17.0 Å². The van der Waals surface area contributed by atoms with Gasteiger partial charge in [0.25, 0.3) is 0 Å². The van der Waals surface area contributed by atoms with Crippen LogP contribution in [0.4, 0.5) is 5.69 Å². The molecule has 1 amide bonds. The maximum absolute atomic E-state index is 12.6. The Morgan fingerprint density at radius 3 is 2.87 bits per heavy atom. The van der Waals surface area contributed by atoms with Crippen LogP contribution < -0.4 is 9.62 Å². The molecule has 0 aromatic heterocycles. The van der Waals surface area contributed by atoms with Crippen LogP contribution in [-0.4, -0.2) is 40.6 Å². The van der Waals surface area contributed by atoms with Gasteiger partial charge in [-0.2, -0.15) is 0 Å². The van der Waals surface area contributed by atoms with Gasteiger partial charge in [0.05, 0.1) is 23.1 Å². The van der Waals surface area contributed by atoms with Crippen molar-refractivity contribution in [1.29, 1.82) is 0 Å². The summed E-state index contributed by atoms with van der Waals surface area (Å²) < 4.78 is 32.8. The number of methoxy groups -OCH3 is 1. The lowest BCUT2D eigenvalue weighted by Crippen LogP contribution is -2.36. The maximum atomic E-state index is 12.6. The molecule has 0 saturated heterocycles. The van der Waals surface area contributed by atoms with E-state index in [9.17, 15) is 13.2 Å². The molecule has 7 heteroatoms. The van der Waals surface area contributed by atoms with Crippen LogP contribution in [0.5, 0.6) is 0 Å². The van der Waals surface area contributed by atoms with Crippen LogP contribution in [-0.2, 0) is 26.0 Å². The lowest BCUT2D eigenvalue weighted by atomic mass is 9.97. The summed E-state index contributed by atoms with van der Waals surface area (Å²) in [4.78, 5) is 14.4. The molecule has 0 radical (unpaired) electrons. The second-order valence-corrected chi connectivity index (χ2v) is 8.03. The normalized spacial score (nSPS) is 21.4. The molecule has 23 heavy (non-hydrogen) atoms. The molecule has 2 atom stereocenters. The van der Waals surface area contributed by atoms with E-state index in [0.717, 1.165) is 36.2 Å². The fraction of sp³-hybridized carbons (Fsp3) is 0.562. The van der Waals surface area contributed by atoms with E-state index in [1.807, 2.05) is 6.92 Å². The van der Waals surface area contributed by atoms with Gasteiger partial charge in [0.1, 0.15) is 0 Å². The summed E-state index contributed by atoms with van der Waals surface area (Å²) in [6.07, 6.45) is 1.66. The summed E-state index contributed by atoms with van der Waals surface area (Å²) in [5, 5.41) is 0. The van der Waals surface area contributed by atoms with Crippen molar-refractivity contribution in [2.45, 2.75) is 43.5 Å². The van der Waals surface area contributed by atoms with Crippen LogP contribution in [0.2, 0.25) is 0 Å². The molecule has 0 fully saturated rings. The van der Waals surface area contributed by atoms with Gasteiger partial charge in [0.2, 0.25) is 15.9 Å². The number of aryl methyl sites for hydroxylation is 1. The Morgan fingerprint density at radius 1 is 1.43 bits per heavy atom. The topological polar surface area (TPSA) is 75.7 Å². The van der Waals surface area contributed by atoms with Gasteiger partial charge >= 0.3 is 0 Å². The fourth-order valence-electron chi connectivity index (χ4n) is 3.44. The zero-order valence-electron chi connectivity index (χ0n) is 13.6. The number of hydrogen-bond acceptors (Lipinski definition) is 4. The summed E-state index contributed by atoms with van der Waals surface area (Å²) in [5.74, 6) is -0.218. The van der Waals surface area contributed by atoms with Crippen LogP contribution >= 0.6 is 0 Å². The number of carbonyl (C=O) groups excluding carboxylic acids is 1. The number of amides is 1. The minimum absolute atomic E-state index is 0.0659. The Morgan fingerprint density at radius 2 is 2.17 bits per heavy atom. The molecule has 126 valence electrons. The first-order valence-corrected chi connectivity index (χ1v) is 9.33. The number of benzene rings is 1. The Bertz CT molecular complexity index is 745. The number of nitrogens with one attached hydrogen (secondary N) is 1. The summed E-state index contributed by atoms with van der Waals surface area (Å²) in [7, 11) is -2.10. The first kappa shape index (κ1) is 16.4. The van der Waals surface area contributed by atoms with Crippen molar-refractivity contribution in [3.05, 3.63) is 23.3 Å². The highest BCUT2D eigenvalue weighted by Gasteiger charge is 2.38. The van der Waals surface area contributed by atoms with E-state index in [1.165, 1.54) is 7.11 Å². The van der Waals surface area contributed by atoms with Gasteiger partial charge in [-0.05, 0) is 49.9 Å². The smallest absolute Gasteiger partial charge is 0.240 e. The molecule has 0 bridgehead atoms. The highest BCUT2D eigenvalue weighted by Crippen LogP contribution is 2.43. The summed E-state index contributed by atoms with van der Waals surface area (Å²) in [5.41, 5.74) is 2.70. The van der Waals surface area contributed by atoms with E-state index in [2.05, 4.69) is 4.72 Å². The van der Waals surface area contributed by atoms with Crippen LogP contribution in [0.25, 0.3) is 0 Å². The van der Waals surface area contributed by atoms with Gasteiger partial charge in [0, 0.05) is 19.7 Å². The van der Waals surface area contributed by atoms with Crippen LogP contribution in [0.3, 0.4) is 0 Å². The molecule has 1 N–H and O–H groups in total. The molecule has 3 rings (SSSR count). The van der Waals surface area contributed by atoms with Crippen molar-refractivity contribution in [3.63, 3.8) is 0 Å². The number of ether oxygens (including phenoxy) is 1. The van der Waals surface area contributed by atoms with Gasteiger partial charge in [-0.3, -0.25) is 4.79 Å². The molecule has 1 aromatic rings. The number of anilines is 1. The predicted molar refractivity (Wildman–Crippen MR) is 87.2 cm³/mol. The molecule has 0 spiro atoms. The minimum Gasteiger partial charge on any atom is -0.383 e. The van der Waals surface area contributed by atoms with Crippen molar-refractivity contribution in [2.24, 2.45) is 0 Å². The molecule has 2 heterocycles. The summed E-state index contributed by atoms with van der Waals surface area (Å²) >= 11 is 0. The lowest BCUT2D eigenvalue weighted by molar-refractivity contribution is -0.119. The van der Waals surface area contributed by atoms with Crippen LogP contribution in [0.1, 0.15) is 37.3 Å². The van der Waals surface area contributed by atoms with Crippen molar-refractivity contribution < 1.29 is 17.9 Å². The van der Waals surface area contributed by atoms with E-state index in [4.69, 9.17) is 4.74 Å². The maximum Gasteiger partial charge on any atom is 0.240 e. The summed E-state index contributed by atoms with van der Waals surface area (Å²) in [6.45, 7) is 4.62. The largest absolute Gasteiger partial charge is 0.383 e. The molecule has 2 aliphatic rings. The fourth-order valence-corrected chi connectivity index (χ4v) is 4.75. The van der Waals surface area contributed by atoms with Crippen LogP contribution in [0, 0.1) is 0 Å². The molecule has 6 nitrogen and oxygen atoms in total. The summed E-state index contributed by atoms with van der Waals surface area (Å²) in [6, 6.07) is 3.04. The predicted octanol–water partition coefficient (Wildman–Crippen LogP) is 1.40. The van der Waals surface area contributed by atoms with Crippen molar-refractivity contribution >= 4 is 21.6 Å². The zero-order valence-corrected chi connectivity index (χ0v) is 14.4. The first-order valence-electron chi connectivity index (χ1n) is 7.84. The number of carbonyl (C=O) groups is 1. The van der Waals surface area contributed by atoms with Gasteiger partial charge in [0.15, 0.2) is 0 Å². The third-order valence-corrected chi connectivity index (χ3v) is 6.04. The van der Waals surface area contributed by atoms with E-state index < -0.39 is 10.0 Å². The first-order chi connectivity index (χ1) is 10.8. The zero-order chi connectivity index (χ0) is 16.8. The Balaban J connectivity index is 2.02. The number of sulfonamides is 1. The number of rotatable bonds is 5. The molecule has 0 saturated carbocycles. The monoisotopic (exact) mass is 338 g/mol. The van der Waals surface area contributed by atoms with E-state index in [-0.39, 0.29) is 22.8 Å². The minimum atomic E-state index is -3.63. The molecular weight excluding hydrogens is 316 g/mol. The average molecular weight is 338 g/mol. The Hall–Kier alpha value is -1.44. The second-order valence-electron chi connectivity index (χ2n) is 6.31. The SMILES string of the molecule is COC[C@@H](C)NS(=O)(=O)c1cc2c3c(c1)[C@H](C)C(=O)N3CCC2. The van der Waals surface area contributed by atoms with Crippen molar-refractivity contribution in [2.75, 3.05) is 25.2 Å². The molecule has 0 aliphatic carbocycles. The third-order valence-electron chi connectivity index (χ3n) is 4.48. The number of nitrogens with zero attached hydrogens (tertiary/aromatic N) is 1. The molecule has 2 aliphatic heterocycles. The van der Waals surface area contributed by atoms with Gasteiger partial charge in [-0.15, -0.1) is 0 Å². The van der Waals surface area contributed by atoms with E-state index in [0.29, 0.717) is 6.61 Å². The quantitative estimate of drug-likeness (QED) is 0.880. The number of hydrogen-bond donors (Lipinski definition) is 1. The third kappa shape index (κ3) is 2.77. The Kier molecular flexibility index (Phi) is 4.20. The van der Waals surface area contributed by atoms with Crippen molar-refractivity contribution in [1.82, 2.24) is 4.72 Å². The lowest BCUT2D eigenvalue weighted by Gasteiger charge is -2.26. The van der Waals surface area contributed by atoms with Crippen molar-refractivity contribution in [3.8, 4) is 0 Å². The van der Waals surface area contributed by atoms with Gasteiger partial charge in [-0.25, -0.2) is 13.1 Å². The van der Waals surface area contributed by atoms with Gasteiger partial charge in [-0.1, -0.05) is 0 Å². The van der Waals surface area contributed by atoms with E-state index in [1.54, 1.807) is 24.0 Å². The van der Waals surface area contributed by atoms with E-state index >= 15 is 0 Å². The molecular formula is C16H22N2O4S. The molecule has 1 aromatic carbocycles.